The van der Waals surface area contributed by atoms with E-state index in [2.05, 4.69) is 41.5 Å². The van der Waals surface area contributed by atoms with Gasteiger partial charge in [-0.15, -0.1) is 0 Å². The topological polar surface area (TPSA) is 57.5 Å². The molecule has 0 aromatic heterocycles. The molecule has 2 aromatic rings. The quantitative estimate of drug-likeness (QED) is 0.756. The van der Waals surface area contributed by atoms with Crippen LogP contribution < -0.4 is 0 Å². The normalized spacial score (nSPS) is 12.3. The third-order valence-electron chi connectivity index (χ3n) is 4.83. The van der Waals surface area contributed by atoms with E-state index in [1.807, 2.05) is 31.2 Å². The number of hydrogen-bond donors (Lipinski definition) is 2. The minimum Gasteiger partial charge on any atom is -0.507 e. The molecule has 0 unspecified atom stereocenters. The van der Waals surface area contributed by atoms with Crippen molar-refractivity contribution in [1.82, 2.24) is 0 Å². The van der Waals surface area contributed by atoms with Gasteiger partial charge in [0.15, 0.2) is 0 Å². The van der Waals surface area contributed by atoms with E-state index in [1.54, 1.807) is 6.07 Å². The molecule has 26 heavy (non-hydrogen) atoms. The number of phenols is 1. The van der Waals surface area contributed by atoms with Gasteiger partial charge in [-0.1, -0.05) is 65.8 Å². The second-order valence-electron chi connectivity index (χ2n) is 9.15. The highest BCUT2D eigenvalue weighted by atomic mass is 16.4. The molecule has 3 nitrogen and oxygen atoms in total. The zero-order chi connectivity index (χ0) is 19.9. The first kappa shape index (κ1) is 20.0. The van der Waals surface area contributed by atoms with E-state index >= 15 is 0 Å². The Morgan fingerprint density at radius 2 is 1.42 bits per heavy atom. The van der Waals surface area contributed by atoms with Gasteiger partial charge in [0.1, 0.15) is 5.75 Å². The van der Waals surface area contributed by atoms with Crippen LogP contribution >= 0.6 is 0 Å². The van der Waals surface area contributed by atoms with Gasteiger partial charge in [0, 0.05) is 6.42 Å². The monoisotopic (exact) mass is 354 g/mol. The average Bonchev–Trinajstić information content (AvgIpc) is 2.49. The fourth-order valence-corrected chi connectivity index (χ4v) is 3.04. The second-order valence-corrected chi connectivity index (χ2v) is 9.15. The molecule has 0 aliphatic heterocycles. The molecule has 0 saturated carbocycles. The fraction of sp³-hybridized carbons (Fsp3) is 0.435. The molecule has 140 valence electrons. The minimum atomic E-state index is -0.941. The highest BCUT2D eigenvalue weighted by Gasteiger charge is 2.21. The van der Waals surface area contributed by atoms with Crippen LogP contribution in [0.1, 0.15) is 79.7 Å². The van der Waals surface area contributed by atoms with E-state index in [-0.39, 0.29) is 22.1 Å². The lowest BCUT2D eigenvalue weighted by Crippen LogP contribution is -2.14. The van der Waals surface area contributed by atoms with Crippen LogP contribution in [0.25, 0.3) is 0 Å². The third-order valence-corrected chi connectivity index (χ3v) is 4.83. The summed E-state index contributed by atoms with van der Waals surface area (Å²) in [5.41, 5.74) is 4.70. The standard InChI is InChI=1S/C23H30O3/c1-14-10-18(23(5,6)7)13-16(20(14)24)11-15-12-17(22(2,3)4)8-9-19(15)21(25)26/h8-10,12-13,24H,11H2,1-7H3,(H,25,26). The Morgan fingerprint density at radius 3 is 1.92 bits per heavy atom. The van der Waals surface area contributed by atoms with Crippen molar-refractivity contribution in [3.63, 3.8) is 0 Å². The molecule has 0 radical (unpaired) electrons. The van der Waals surface area contributed by atoms with E-state index in [1.165, 1.54) is 0 Å². The molecule has 2 N–H and O–H groups in total. The second kappa shape index (κ2) is 6.79. The summed E-state index contributed by atoms with van der Waals surface area (Å²) in [4.78, 5) is 11.7. The molecule has 0 amide bonds. The smallest absolute Gasteiger partial charge is 0.335 e. The summed E-state index contributed by atoms with van der Waals surface area (Å²) >= 11 is 0. The van der Waals surface area contributed by atoms with Gasteiger partial charge in [-0.05, 0) is 51.6 Å². The Balaban J connectivity index is 2.60. The van der Waals surface area contributed by atoms with Crippen molar-refractivity contribution in [2.75, 3.05) is 0 Å². The Hall–Kier alpha value is -2.29. The van der Waals surface area contributed by atoms with E-state index in [9.17, 15) is 15.0 Å². The van der Waals surface area contributed by atoms with Gasteiger partial charge >= 0.3 is 5.97 Å². The number of carboxylic acid groups (broad SMARTS) is 1. The molecular weight excluding hydrogens is 324 g/mol. The number of benzene rings is 2. The van der Waals surface area contributed by atoms with Crippen molar-refractivity contribution in [1.29, 1.82) is 0 Å². The van der Waals surface area contributed by atoms with Crippen LogP contribution in [0.5, 0.6) is 5.75 Å². The highest BCUT2D eigenvalue weighted by Crippen LogP contribution is 2.33. The number of carboxylic acids is 1. The summed E-state index contributed by atoms with van der Waals surface area (Å²) < 4.78 is 0. The summed E-state index contributed by atoms with van der Waals surface area (Å²) in [6.45, 7) is 14.6. The van der Waals surface area contributed by atoms with Crippen LogP contribution in [0.3, 0.4) is 0 Å². The maximum absolute atomic E-state index is 11.7. The molecular formula is C23H30O3. The third kappa shape index (κ3) is 4.27. The lowest BCUT2D eigenvalue weighted by molar-refractivity contribution is 0.0695. The van der Waals surface area contributed by atoms with Crippen LogP contribution in [0.2, 0.25) is 0 Å². The molecule has 2 aromatic carbocycles. The van der Waals surface area contributed by atoms with Crippen molar-refractivity contribution in [2.45, 2.75) is 65.7 Å². The predicted molar refractivity (Wildman–Crippen MR) is 106 cm³/mol. The summed E-state index contributed by atoms with van der Waals surface area (Å²) in [5.74, 6) is -0.695. The van der Waals surface area contributed by atoms with Crippen LogP contribution in [0, 0.1) is 6.92 Å². The molecule has 0 atom stereocenters. The first-order valence-corrected chi connectivity index (χ1v) is 9.00. The van der Waals surface area contributed by atoms with Gasteiger partial charge in [0.2, 0.25) is 0 Å². The Morgan fingerprint density at radius 1 is 0.885 bits per heavy atom. The number of hydrogen-bond acceptors (Lipinski definition) is 2. The molecule has 0 aliphatic rings. The van der Waals surface area contributed by atoms with E-state index in [4.69, 9.17) is 0 Å². The molecule has 0 spiro atoms. The first-order chi connectivity index (χ1) is 11.8. The molecule has 3 heteroatoms. The zero-order valence-corrected chi connectivity index (χ0v) is 16.9. The van der Waals surface area contributed by atoms with Crippen molar-refractivity contribution in [3.05, 3.63) is 63.7 Å². The average molecular weight is 354 g/mol. The number of phenolic OH excluding ortho intramolecular Hbond substituents is 1. The van der Waals surface area contributed by atoms with Gasteiger partial charge in [-0.25, -0.2) is 4.79 Å². The van der Waals surface area contributed by atoms with Gasteiger partial charge in [0.05, 0.1) is 5.56 Å². The SMILES string of the molecule is Cc1cc(C(C)(C)C)cc(Cc2cc(C(C)(C)C)ccc2C(=O)O)c1O. The predicted octanol–water partition coefficient (Wildman–Crippen LogP) is 5.58. The molecule has 0 heterocycles. The minimum absolute atomic E-state index is 0.0455. The number of aromatic hydroxyl groups is 1. The van der Waals surface area contributed by atoms with Gasteiger partial charge in [0.25, 0.3) is 0 Å². The molecule has 2 rings (SSSR count). The van der Waals surface area contributed by atoms with Gasteiger partial charge < -0.3 is 10.2 Å². The summed E-state index contributed by atoms with van der Waals surface area (Å²) in [6.07, 6.45) is 0.391. The Labute approximate surface area is 156 Å². The lowest BCUT2D eigenvalue weighted by Gasteiger charge is -2.23. The largest absolute Gasteiger partial charge is 0.507 e. The van der Waals surface area contributed by atoms with E-state index < -0.39 is 5.97 Å². The van der Waals surface area contributed by atoms with Crippen LogP contribution in [0.4, 0.5) is 0 Å². The summed E-state index contributed by atoms with van der Waals surface area (Å²) in [6, 6.07) is 9.52. The molecule has 0 saturated heterocycles. The van der Waals surface area contributed by atoms with Crippen molar-refractivity contribution >= 4 is 5.97 Å². The van der Waals surface area contributed by atoms with Crippen molar-refractivity contribution in [2.24, 2.45) is 0 Å². The number of rotatable bonds is 3. The Kier molecular flexibility index (Phi) is 5.23. The van der Waals surface area contributed by atoms with Crippen molar-refractivity contribution < 1.29 is 15.0 Å². The number of aromatic carboxylic acids is 1. The van der Waals surface area contributed by atoms with E-state index in [0.29, 0.717) is 6.42 Å². The van der Waals surface area contributed by atoms with Crippen LogP contribution in [-0.4, -0.2) is 16.2 Å². The first-order valence-electron chi connectivity index (χ1n) is 9.00. The number of carbonyl (C=O) groups is 1. The van der Waals surface area contributed by atoms with Gasteiger partial charge in [-0.2, -0.15) is 0 Å². The maximum Gasteiger partial charge on any atom is 0.335 e. The fourth-order valence-electron chi connectivity index (χ4n) is 3.04. The zero-order valence-electron chi connectivity index (χ0n) is 16.9. The Bertz CT molecular complexity index is 834. The highest BCUT2D eigenvalue weighted by molar-refractivity contribution is 5.89. The molecule has 0 fully saturated rings. The molecule has 0 bridgehead atoms. The van der Waals surface area contributed by atoms with Crippen LogP contribution in [0.15, 0.2) is 30.3 Å². The number of aryl methyl sites for hydroxylation is 1. The summed E-state index contributed by atoms with van der Waals surface area (Å²) in [7, 11) is 0. The van der Waals surface area contributed by atoms with Gasteiger partial charge in [-0.3, -0.25) is 0 Å². The van der Waals surface area contributed by atoms with Crippen LogP contribution in [-0.2, 0) is 17.3 Å². The van der Waals surface area contributed by atoms with E-state index in [0.717, 1.165) is 27.8 Å². The summed E-state index contributed by atoms with van der Waals surface area (Å²) in [5, 5.41) is 20.1. The van der Waals surface area contributed by atoms with Crippen molar-refractivity contribution in [3.8, 4) is 5.75 Å². The molecule has 0 aliphatic carbocycles. The lowest BCUT2D eigenvalue weighted by atomic mass is 9.82. The maximum atomic E-state index is 11.7.